The summed E-state index contributed by atoms with van der Waals surface area (Å²) in [6.45, 7) is 1.73. The molecule has 0 aliphatic heterocycles. The number of nitrogens with zero attached hydrogens (tertiary/aromatic N) is 2. The minimum absolute atomic E-state index is 0.147. The second-order valence-electron chi connectivity index (χ2n) is 3.19. The first-order valence-electron chi connectivity index (χ1n) is 4.55. The molecule has 16 heavy (non-hydrogen) atoms. The molecule has 0 fully saturated rings. The van der Waals surface area contributed by atoms with Crippen molar-refractivity contribution in [3.8, 4) is 5.75 Å². The van der Waals surface area contributed by atoms with E-state index in [0.717, 1.165) is 11.5 Å². The number of benzene rings is 1. The molecule has 2 aromatic rings. The zero-order valence-corrected chi connectivity index (χ0v) is 9.28. The van der Waals surface area contributed by atoms with E-state index >= 15 is 0 Å². The first-order chi connectivity index (χ1) is 7.68. The van der Waals surface area contributed by atoms with Crippen LogP contribution in [0.15, 0.2) is 23.6 Å². The molecule has 6 heteroatoms. The van der Waals surface area contributed by atoms with Gasteiger partial charge < -0.3 is 10.4 Å². The van der Waals surface area contributed by atoms with Gasteiger partial charge in [0, 0.05) is 16.6 Å². The van der Waals surface area contributed by atoms with Crippen LogP contribution in [0, 0.1) is 6.92 Å². The second kappa shape index (κ2) is 4.28. The molecule has 0 aliphatic carbocycles. The number of phenolic OH excluding ortho intramolecular Hbond substituents is 1. The molecule has 1 heterocycles. The summed E-state index contributed by atoms with van der Waals surface area (Å²) >= 11 is 1.11. The van der Waals surface area contributed by atoms with Gasteiger partial charge in [-0.05, 0) is 30.6 Å². The van der Waals surface area contributed by atoms with E-state index in [0.29, 0.717) is 11.3 Å². The third-order valence-corrected chi connectivity index (χ3v) is 2.65. The first-order valence-corrected chi connectivity index (χ1v) is 5.39. The van der Waals surface area contributed by atoms with Crippen LogP contribution in [0.2, 0.25) is 0 Å². The van der Waals surface area contributed by atoms with Gasteiger partial charge in [-0.1, -0.05) is 10.6 Å². The van der Waals surface area contributed by atoms with E-state index < -0.39 is 0 Å². The van der Waals surface area contributed by atoms with Gasteiger partial charge in [0.05, 0.1) is 0 Å². The highest BCUT2D eigenvalue weighted by atomic mass is 32.1. The summed E-state index contributed by atoms with van der Waals surface area (Å²) in [5.74, 6) is -0.184. The van der Waals surface area contributed by atoms with Gasteiger partial charge in [-0.15, -0.1) is 5.10 Å². The van der Waals surface area contributed by atoms with E-state index in [-0.39, 0.29) is 17.4 Å². The van der Waals surface area contributed by atoms with Gasteiger partial charge in [0.15, 0.2) is 5.69 Å². The minimum atomic E-state index is -0.331. The van der Waals surface area contributed by atoms with Crippen LogP contribution in [0.4, 0.5) is 5.69 Å². The van der Waals surface area contributed by atoms with Gasteiger partial charge in [-0.2, -0.15) is 0 Å². The maximum Gasteiger partial charge on any atom is 0.277 e. The molecule has 0 aliphatic rings. The molecule has 82 valence electrons. The van der Waals surface area contributed by atoms with Gasteiger partial charge in [0.2, 0.25) is 0 Å². The Morgan fingerprint density at radius 3 is 3.00 bits per heavy atom. The molecule has 0 radical (unpaired) electrons. The summed E-state index contributed by atoms with van der Waals surface area (Å²) in [6, 6.07) is 4.94. The van der Waals surface area contributed by atoms with Gasteiger partial charge in [0.25, 0.3) is 5.91 Å². The number of carbonyl (C=O) groups excluding carboxylic acids is 1. The van der Waals surface area contributed by atoms with Gasteiger partial charge in [0.1, 0.15) is 5.75 Å². The number of rotatable bonds is 2. The zero-order valence-electron chi connectivity index (χ0n) is 8.47. The quantitative estimate of drug-likeness (QED) is 0.832. The third kappa shape index (κ3) is 2.01. The summed E-state index contributed by atoms with van der Waals surface area (Å²) in [5, 5.41) is 17.3. The standard InChI is InChI=1S/C10H9N3O2S/c1-6-7(3-2-4-9(6)14)11-10(15)8-5-16-13-12-8/h2-5,14H,1H3,(H,11,15). The van der Waals surface area contributed by atoms with E-state index in [1.54, 1.807) is 30.5 Å². The van der Waals surface area contributed by atoms with E-state index in [1.165, 1.54) is 0 Å². The fourth-order valence-corrected chi connectivity index (χ4v) is 1.65. The molecule has 0 atom stereocenters. The Bertz CT molecular complexity index is 511. The topological polar surface area (TPSA) is 75.1 Å². The lowest BCUT2D eigenvalue weighted by Crippen LogP contribution is -2.13. The van der Waals surface area contributed by atoms with Crippen molar-refractivity contribution in [2.24, 2.45) is 0 Å². The van der Waals surface area contributed by atoms with Crippen LogP contribution in [-0.2, 0) is 0 Å². The van der Waals surface area contributed by atoms with E-state index in [2.05, 4.69) is 14.9 Å². The number of hydrogen-bond donors (Lipinski definition) is 2. The molecular formula is C10H9N3O2S. The summed E-state index contributed by atoms with van der Waals surface area (Å²) in [7, 11) is 0. The number of aromatic hydroxyl groups is 1. The molecule has 0 unspecified atom stereocenters. The Morgan fingerprint density at radius 2 is 2.31 bits per heavy atom. The fraction of sp³-hybridized carbons (Fsp3) is 0.100. The smallest absolute Gasteiger partial charge is 0.277 e. The number of amides is 1. The Kier molecular flexibility index (Phi) is 2.82. The second-order valence-corrected chi connectivity index (χ2v) is 3.80. The van der Waals surface area contributed by atoms with E-state index in [1.807, 2.05) is 0 Å². The molecule has 2 rings (SSSR count). The van der Waals surface area contributed by atoms with Crippen molar-refractivity contribution in [1.29, 1.82) is 0 Å². The normalized spacial score (nSPS) is 10.1. The molecule has 0 spiro atoms. The van der Waals surface area contributed by atoms with Crippen molar-refractivity contribution in [3.63, 3.8) is 0 Å². The average Bonchev–Trinajstić information content (AvgIpc) is 2.78. The summed E-state index contributed by atoms with van der Waals surface area (Å²) < 4.78 is 3.61. The number of phenols is 1. The van der Waals surface area contributed by atoms with E-state index in [4.69, 9.17) is 0 Å². The van der Waals surface area contributed by atoms with Crippen LogP contribution in [0.25, 0.3) is 0 Å². The first kappa shape index (κ1) is 10.6. The van der Waals surface area contributed by atoms with Crippen LogP contribution in [0.1, 0.15) is 16.1 Å². The summed E-state index contributed by atoms with van der Waals surface area (Å²) in [5.41, 5.74) is 1.46. The molecule has 5 nitrogen and oxygen atoms in total. The van der Waals surface area contributed by atoms with Crippen molar-refractivity contribution in [2.45, 2.75) is 6.92 Å². The maximum absolute atomic E-state index is 11.7. The lowest BCUT2D eigenvalue weighted by molar-refractivity contribution is 0.102. The Balaban J connectivity index is 2.22. The number of carbonyl (C=O) groups is 1. The van der Waals surface area contributed by atoms with Crippen LogP contribution in [0.5, 0.6) is 5.75 Å². The minimum Gasteiger partial charge on any atom is -0.508 e. The van der Waals surface area contributed by atoms with Gasteiger partial charge >= 0.3 is 0 Å². The SMILES string of the molecule is Cc1c(O)cccc1NC(=O)c1csnn1. The van der Waals surface area contributed by atoms with Crippen LogP contribution < -0.4 is 5.32 Å². The molecule has 1 aromatic carbocycles. The van der Waals surface area contributed by atoms with E-state index in [9.17, 15) is 9.90 Å². The highest BCUT2D eigenvalue weighted by molar-refractivity contribution is 7.03. The molecule has 2 N–H and O–H groups in total. The molecule has 1 amide bonds. The Hall–Kier alpha value is -1.95. The Morgan fingerprint density at radius 1 is 1.50 bits per heavy atom. The van der Waals surface area contributed by atoms with Gasteiger partial charge in [-0.3, -0.25) is 4.79 Å². The predicted molar refractivity (Wildman–Crippen MR) is 60.7 cm³/mol. The van der Waals surface area contributed by atoms with Crippen molar-refractivity contribution in [2.75, 3.05) is 5.32 Å². The lowest BCUT2D eigenvalue weighted by atomic mass is 10.2. The Labute approximate surface area is 95.9 Å². The average molecular weight is 235 g/mol. The molecule has 0 bridgehead atoms. The summed E-state index contributed by atoms with van der Waals surface area (Å²) in [4.78, 5) is 11.7. The largest absolute Gasteiger partial charge is 0.508 e. The van der Waals surface area contributed by atoms with Crippen molar-refractivity contribution in [3.05, 3.63) is 34.8 Å². The van der Waals surface area contributed by atoms with Gasteiger partial charge in [-0.25, -0.2) is 0 Å². The monoisotopic (exact) mass is 235 g/mol. The zero-order chi connectivity index (χ0) is 11.5. The third-order valence-electron chi connectivity index (χ3n) is 2.15. The van der Waals surface area contributed by atoms with Crippen molar-refractivity contribution >= 4 is 23.1 Å². The number of anilines is 1. The number of aromatic nitrogens is 2. The van der Waals surface area contributed by atoms with Crippen LogP contribution in [-0.4, -0.2) is 20.6 Å². The molecule has 0 saturated carbocycles. The number of hydrogen-bond acceptors (Lipinski definition) is 5. The molecular weight excluding hydrogens is 226 g/mol. The van der Waals surface area contributed by atoms with Crippen LogP contribution >= 0.6 is 11.5 Å². The lowest BCUT2D eigenvalue weighted by Gasteiger charge is -2.07. The fourth-order valence-electron chi connectivity index (χ4n) is 1.21. The van der Waals surface area contributed by atoms with Crippen molar-refractivity contribution in [1.82, 2.24) is 9.59 Å². The van der Waals surface area contributed by atoms with Crippen molar-refractivity contribution < 1.29 is 9.90 Å². The number of nitrogens with one attached hydrogen (secondary N) is 1. The maximum atomic E-state index is 11.7. The summed E-state index contributed by atoms with van der Waals surface area (Å²) in [6.07, 6.45) is 0. The molecule has 1 aromatic heterocycles. The molecule has 0 saturated heterocycles. The highest BCUT2D eigenvalue weighted by Gasteiger charge is 2.11. The van der Waals surface area contributed by atoms with Crippen LogP contribution in [0.3, 0.4) is 0 Å². The predicted octanol–water partition coefficient (Wildman–Crippen LogP) is 1.80. The highest BCUT2D eigenvalue weighted by Crippen LogP contribution is 2.24.